The van der Waals surface area contributed by atoms with Gasteiger partial charge in [0, 0.05) is 17.5 Å². The van der Waals surface area contributed by atoms with E-state index in [0.29, 0.717) is 17.2 Å². The summed E-state index contributed by atoms with van der Waals surface area (Å²) in [4.78, 5) is 31.8. The van der Waals surface area contributed by atoms with Gasteiger partial charge in [-0.3, -0.25) is 9.59 Å². The Morgan fingerprint density at radius 2 is 2.00 bits per heavy atom. The molecule has 1 atom stereocenters. The third-order valence-corrected chi connectivity index (χ3v) is 5.85. The van der Waals surface area contributed by atoms with Crippen LogP contribution in [0.5, 0.6) is 5.75 Å². The average Bonchev–Trinajstić information content (AvgIpc) is 3.29. The summed E-state index contributed by atoms with van der Waals surface area (Å²) in [7, 11) is 1.61. The van der Waals surface area contributed by atoms with Crippen LogP contribution in [0.2, 0.25) is 0 Å². The molecule has 2 amide bonds. The Kier molecular flexibility index (Phi) is 5.31. The average molecular weight is 407 g/mol. The molecule has 29 heavy (non-hydrogen) atoms. The number of rotatable bonds is 6. The molecular weight excluding hydrogens is 386 g/mol. The zero-order chi connectivity index (χ0) is 20.4. The van der Waals surface area contributed by atoms with E-state index in [1.165, 1.54) is 11.3 Å². The third kappa shape index (κ3) is 4.00. The minimum absolute atomic E-state index is 0.0562. The first-order chi connectivity index (χ1) is 14.0. The molecule has 4 rings (SSSR count). The molecule has 0 radical (unpaired) electrons. The van der Waals surface area contributed by atoms with E-state index in [-0.39, 0.29) is 24.3 Å². The molecular formula is C22H21N3O3S. The van der Waals surface area contributed by atoms with Crippen molar-refractivity contribution >= 4 is 28.3 Å². The van der Waals surface area contributed by atoms with Gasteiger partial charge in [-0.25, -0.2) is 4.98 Å². The lowest BCUT2D eigenvalue weighted by molar-refractivity contribution is -0.117. The van der Waals surface area contributed by atoms with E-state index in [0.717, 1.165) is 22.6 Å². The minimum atomic E-state index is -0.387. The summed E-state index contributed by atoms with van der Waals surface area (Å²) in [6.07, 6.45) is 0.144. The van der Waals surface area contributed by atoms with E-state index in [1.807, 2.05) is 60.8 Å². The smallest absolute Gasteiger partial charge is 0.255 e. The normalized spacial score (nSPS) is 13.9. The minimum Gasteiger partial charge on any atom is -0.497 e. The van der Waals surface area contributed by atoms with Crippen molar-refractivity contribution in [3.05, 3.63) is 76.3 Å². The summed E-state index contributed by atoms with van der Waals surface area (Å²) < 4.78 is 5.24. The first kappa shape index (κ1) is 19.1. The number of anilines is 1. The summed E-state index contributed by atoms with van der Waals surface area (Å²) in [6.45, 7) is 2.36. The van der Waals surface area contributed by atoms with Crippen molar-refractivity contribution in [1.82, 2.24) is 9.88 Å². The van der Waals surface area contributed by atoms with Gasteiger partial charge in [0.2, 0.25) is 5.91 Å². The van der Waals surface area contributed by atoms with E-state index in [4.69, 9.17) is 4.74 Å². The highest BCUT2D eigenvalue weighted by molar-refractivity contribution is 7.13. The molecule has 7 heteroatoms. The maximum atomic E-state index is 13.0. The number of thiazole rings is 1. The molecule has 1 aromatic heterocycles. The number of methoxy groups -OCH3 is 1. The van der Waals surface area contributed by atoms with Crippen LogP contribution in [-0.2, 0) is 11.3 Å². The van der Waals surface area contributed by atoms with Gasteiger partial charge in [0.05, 0.1) is 25.3 Å². The fourth-order valence-electron chi connectivity index (χ4n) is 3.52. The standard InChI is InChI=1S/C22H21N3O3S/c1-14-13-29-22(23-14)24-20(26)11-19(15-7-9-17(28-2)10-8-15)25-12-16-5-3-4-6-18(16)21(25)27/h3-10,13,19H,11-12H2,1-2H3,(H,23,24,26). The highest BCUT2D eigenvalue weighted by Gasteiger charge is 2.34. The predicted molar refractivity (Wildman–Crippen MR) is 112 cm³/mol. The molecule has 0 saturated heterocycles. The highest BCUT2D eigenvalue weighted by Crippen LogP contribution is 2.34. The van der Waals surface area contributed by atoms with Crippen molar-refractivity contribution in [2.75, 3.05) is 12.4 Å². The van der Waals surface area contributed by atoms with Gasteiger partial charge in [-0.05, 0) is 36.2 Å². The topological polar surface area (TPSA) is 71.5 Å². The number of nitrogens with zero attached hydrogens (tertiary/aromatic N) is 2. The molecule has 0 fully saturated rings. The van der Waals surface area contributed by atoms with Gasteiger partial charge in [-0.15, -0.1) is 11.3 Å². The molecule has 0 aliphatic carbocycles. The Hall–Kier alpha value is -3.19. The number of hydrogen-bond donors (Lipinski definition) is 1. The van der Waals surface area contributed by atoms with Crippen molar-refractivity contribution in [1.29, 1.82) is 0 Å². The molecule has 6 nitrogen and oxygen atoms in total. The quantitative estimate of drug-likeness (QED) is 0.665. The van der Waals surface area contributed by atoms with Crippen LogP contribution in [0.3, 0.4) is 0 Å². The molecule has 0 bridgehead atoms. The van der Waals surface area contributed by atoms with E-state index in [2.05, 4.69) is 10.3 Å². The predicted octanol–water partition coefficient (Wildman–Crippen LogP) is 4.19. The monoisotopic (exact) mass is 407 g/mol. The molecule has 1 N–H and O–H groups in total. The van der Waals surface area contributed by atoms with Crippen LogP contribution >= 0.6 is 11.3 Å². The molecule has 148 valence electrons. The summed E-state index contributed by atoms with van der Waals surface area (Å²) in [5, 5.41) is 5.30. The molecule has 1 aliphatic heterocycles. The molecule has 2 heterocycles. The van der Waals surface area contributed by atoms with Crippen LogP contribution in [0.4, 0.5) is 5.13 Å². The Balaban J connectivity index is 1.60. The molecule has 1 unspecified atom stereocenters. The number of fused-ring (bicyclic) bond motifs is 1. The number of benzene rings is 2. The zero-order valence-electron chi connectivity index (χ0n) is 16.2. The molecule has 1 aliphatic rings. The maximum absolute atomic E-state index is 13.0. The van der Waals surface area contributed by atoms with Gasteiger partial charge in [0.25, 0.3) is 5.91 Å². The summed E-state index contributed by atoms with van der Waals surface area (Å²) in [6, 6.07) is 14.7. The van der Waals surface area contributed by atoms with Crippen LogP contribution < -0.4 is 10.1 Å². The van der Waals surface area contributed by atoms with Crippen LogP contribution in [0.1, 0.15) is 39.6 Å². The van der Waals surface area contributed by atoms with Crippen LogP contribution in [-0.4, -0.2) is 28.8 Å². The Morgan fingerprint density at radius 1 is 1.24 bits per heavy atom. The second-order valence-electron chi connectivity index (χ2n) is 6.93. The van der Waals surface area contributed by atoms with Gasteiger partial charge < -0.3 is 15.0 Å². The molecule has 2 aromatic carbocycles. The van der Waals surface area contributed by atoms with Crippen molar-refractivity contribution in [3.8, 4) is 5.75 Å². The van der Waals surface area contributed by atoms with Gasteiger partial charge >= 0.3 is 0 Å². The Labute approximate surface area is 173 Å². The second kappa shape index (κ2) is 8.05. The number of hydrogen-bond acceptors (Lipinski definition) is 5. The lowest BCUT2D eigenvalue weighted by Gasteiger charge is -2.28. The zero-order valence-corrected chi connectivity index (χ0v) is 17.0. The SMILES string of the molecule is COc1ccc(C(CC(=O)Nc2nc(C)cs2)N2Cc3ccccc3C2=O)cc1. The van der Waals surface area contributed by atoms with Crippen LogP contribution in [0, 0.1) is 6.92 Å². The van der Waals surface area contributed by atoms with E-state index in [9.17, 15) is 9.59 Å². The van der Waals surface area contributed by atoms with Gasteiger partial charge in [-0.1, -0.05) is 30.3 Å². The lowest BCUT2D eigenvalue weighted by Crippen LogP contribution is -2.32. The summed E-state index contributed by atoms with van der Waals surface area (Å²) >= 11 is 1.39. The fraction of sp³-hybridized carbons (Fsp3) is 0.227. The Morgan fingerprint density at radius 3 is 2.66 bits per heavy atom. The number of carbonyl (C=O) groups is 2. The number of aryl methyl sites for hydroxylation is 1. The molecule has 0 spiro atoms. The number of nitrogens with one attached hydrogen (secondary N) is 1. The van der Waals surface area contributed by atoms with E-state index < -0.39 is 0 Å². The highest BCUT2D eigenvalue weighted by atomic mass is 32.1. The van der Waals surface area contributed by atoms with Gasteiger partial charge in [-0.2, -0.15) is 0 Å². The second-order valence-corrected chi connectivity index (χ2v) is 7.78. The third-order valence-electron chi connectivity index (χ3n) is 4.97. The number of carbonyl (C=O) groups excluding carboxylic acids is 2. The first-order valence-corrected chi connectivity index (χ1v) is 10.2. The summed E-state index contributed by atoms with van der Waals surface area (Å²) in [5.41, 5.74) is 3.42. The summed E-state index contributed by atoms with van der Waals surface area (Å²) in [5.74, 6) is 0.495. The number of amides is 2. The van der Waals surface area contributed by atoms with Crippen LogP contribution in [0.25, 0.3) is 0 Å². The van der Waals surface area contributed by atoms with E-state index >= 15 is 0 Å². The Bertz CT molecular complexity index is 1050. The number of aromatic nitrogens is 1. The van der Waals surface area contributed by atoms with Crippen molar-refractivity contribution in [2.24, 2.45) is 0 Å². The molecule has 0 saturated carbocycles. The maximum Gasteiger partial charge on any atom is 0.255 e. The lowest BCUT2D eigenvalue weighted by atomic mass is 10.0. The fourth-order valence-corrected chi connectivity index (χ4v) is 4.22. The van der Waals surface area contributed by atoms with Gasteiger partial charge in [0.15, 0.2) is 5.13 Å². The first-order valence-electron chi connectivity index (χ1n) is 9.30. The van der Waals surface area contributed by atoms with Crippen LogP contribution in [0.15, 0.2) is 53.9 Å². The largest absolute Gasteiger partial charge is 0.497 e. The van der Waals surface area contributed by atoms with Crippen molar-refractivity contribution in [3.63, 3.8) is 0 Å². The van der Waals surface area contributed by atoms with Crippen molar-refractivity contribution in [2.45, 2.75) is 25.9 Å². The van der Waals surface area contributed by atoms with E-state index in [1.54, 1.807) is 12.0 Å². The van der Waals surface area contributed by atoms with Crippen molar-refractivity contribution < 1.29 is 14.3 Å². The molecule has 3 aromatic rings. The number of ether oxygens (including phenoxy) is 1. The van der Waals surface area contributed by atoms with Gasteiger partial charge in [0.1, 0.15) is 5.75 Å².